The lowest BCUT2D eigenvalue weighted by atomic mass is 9.66. The third-order valence-corrected chi connectivity index (χ3v) is 9.46. The first kappa shape index (κ1) is 34.5. The van der Waals surface area contributed by atoms with Crippen molar-refractivity contribution >= 4 is 23.5 Å². The van der Waals surface area contributed by atoms with Gasteiger partial charge in [0.2, 0.25) is 5.91 Å². The Morgan fingerprint density at radius 3 is 2.39 bits per heavy atom. The lowest BCUT2D eigenvalue weighted by Crippen LogP contribution is -2.58. The van der Waals surface area contributed by atoms with Gasteiger partial charge in [-0.1, -0.05) is 38.2 Å². The molecule has 0 saturated carbocycles. The molecule has 1 atom stereocenters. The van der Waals surface area contributed by atoms with Crippen molar-refractivity contribution < 1.29 is 24.0 Å². The molecule has 11 nitrogen and oxygen atoms in total. The molecule has 1 aromatic heterocycles. The molecule has 2 aromatic rings. The molecule has 11 heteroatoms. The Hall–Kier alpha value is -4.38. The fourth-order valence-electron chi connectivity index (χ4n) is 6.44. The monoisotopic (exact) mass is 631 g/mol. The van der Waals surface area contributed by atoms with Crippen LogP contribution in [0.1, 0.15) is 69.8 Å². The van der Waals surface area contributed by atoms with Gasteiger partial charge in [0.25, 0.3) is 11.6 Å². The predicted molar refractivity (Wildman–Crippen MR) is 176 cm³/mol. The van der Waals surface area contributed by atoms with E-state index in [1.807, 2.05) is 32.9 Å². The number of carbonyl (C=O) groups excluding carboxylic acids is 3. The standard InChI is InChI=1S/C35H45N5O6/c1-4-35(5-2,38-31(41)30-25-27(17-21-36-30)26-13-15-29(16-14-26)40(44)45)32(42)37-20-10-22-39-23-18-34(19-24-39,33(43)46-6-3)28-11-8-7-9-12-28/h7-9,11,13-17,21,25,28H,4-6,10,12,18-20,22-24H2,1-3H3,(H,37,42)(H,38,41). The fraction of sp³-hybridized carbons (Fsp3) is 0.486. The molecule has 0 bridgehead atoms. The minimum Gasteiger partial charge on any atom is -0.466 e. The zero-order valence-corrected chi connectivity index (χ0v) is 27.0. The van der Waals surface area contributed by atoms with Crippen molar-refractivity contribution in [2.75, 3.05) is 32.8 Å². The molecule has 1 aliphatic carbocycles. The van der Waals surface area contributed by atoms with Crippen LogP contribution in [0.3, 0.4) is 0 Å². The highest BCUT2D eigenvalue weighted by Gasteiger charge is 2.47. The van der Waals surface area contributed by atoms with E-state index >= 15 is 0 Å². The quantitative estimate of drug-likeness (QED) is 0.125. The van der Waals surface area contributed by atoms with Gasteiger partial charge in [-0.15, -0.1) is 0 Å². The molecule has 1 saturated heterocycles. The van der Waals surface area contributed by atoms with Gasteiger partial charge in [0, 0.05) is 24.9 Å². The number of likely N-dealkylation sites (tertiary alicyclic amines) is 1. The van der Waals surface area contributed by atoms with E-state index in [0.29, 0.717) is 37.1 Å². The fourth-order valence-corrected chi connectivity index (χ4v) is 6.44. The van der Waals surface area contributed by atoms with Gasteiger partial charge in [-0.05, 0) is 106 Å². The summed E-state index contributed by atoms with van der Waals surface area (Å²) in [5, 5.41) is 17.0. The molecular formula is C35H45N5O6. The maximum atomic E-state index is 13.4. The minimum absolute atomic E-state index is 0.0189. The van der Waals surface area contributed by atoms with Crippen molar-refractivity contribution in [1.82, 2.24) is 20.5 Å². The van der Waals surface area contributed by atoms with E-state index in [0.717, 1.165) is 45.3 Å². The summed E-state index contributed by atoms with van der Waals surface area (Å²) in [5.41, 5.74) is -0.0804. The van der Waals surface area contributed by atoms with Crippen LogP contribution in [0.5, 0.6) is 0 Å². The first-order valence-corrected chi connectivity index (χ1v) is 16.2. The highest BCUT2D eigenvalue weighted by molar-refractivity contribution is 5.98. The second-order valence-corrected chi connectivity index (χ2v) is 12.0. The topological polar surface area (TPSA) is 144 Å². The third kappa shape index (κ3) is 7.88. The van der Waals surface area contributed by atoms with Crippen LogP contribution >= 0.6 is 0 Å². The van der Waals surface area contributed by atoms with Crippen molar-refractivity contribution in [3.05, 3.63) is 82.7 Å². The van der Waals surface area contributed by atoms with Crippen LogP contribution in [0, 0.1) is 21.4 Å². The molecule has 2 aliphatic rings. The highest BCUT2D eigenvalue weighted by Crippen LogP contribution is 2.43. The van der Waals surface area contributed by atoms with E-state index in [2.05, 4.69) is 32.7 Å². The van der Waals surface area contributed by atoms with E-state index in [9.17, 15) is 24.5 Å². The number of hydrogen-bond acceptors (Lipinski definition) is 8. The molecule has 2 N–H and O–H groups in total. The molecule has 46 heavy (non-hydrogen) atoms. The van der Waals surface area contributed by atoms with Crippen molar-refractivity contribution in [2.24, 2.45) is 11.3 Å². The van der Waals surface area contributed by atoms with E-state index in [1.165, 1.54) is 18.3 Å². The minimum atomic E-state index is -1.10. The maximum absolute atomic E-state index is 13.4. The second-order valence-electron chi connectivity index (χ2n) is 12.0. The van der Waals surface area contributed by atoms with E-state index < -0.39 is 21.8 Å². The third-order valence-electron chi connectivity index (χ3n) is 9.46. The summed E-state index contributed by atoms with van der Waals surface area (Å²) < 4.78 is 5.53. The number of ether oxygens (including phenoxy) is 1. The molecule has 1 fully saturated rings. The Bertz CT molecular complexity index is 1440. The summed E-state index contributed by atoms with van der Waals surface area (Å²) in [6.45, 7) is 8.78. The van der Waals surface area contributed by atoms with Crippen LogP contribution in [0.4, 0.5) is 5.69 Å². The van der Waals surface area contributed by atoms with Crippen molar-refractivity contribution in [3.8, 4) is 11.1 Å². The normalized spacial score (nSPS) is 17.7. The Kier molecular flexibility index (Phi) is 11.8. The molecule has 0 radical (unpaired) electrons. The number of esters is 1. The van der Waals surface area contributed by atoms with Crippen LogP contribution in [0.2, 0.25) is 0 Å². The van der Waals surface area contributed by atoms with Gasteiger partial charge in [-0.3, -0.25) is 29.5 Å². The summed E-state index contributed by atoms with van der Waals surface area (Å²) in [6, 6.07) is 9.40. The molecule has 1 unspecified atom stereocenters. The van der Waals surface area contributed by atoms with Gasteiger partial charge in [0.1, 0.15) is 11.2 Å². The van der Waals surface area contributed by atoms with Crippen molar-refractivity contribution in [2.45, 2.75) is 64.8 Å². The predicted octanol–water partition coefficient (Wildman–Crippen LogP) is 5.23. The molecule has 1 aromatic carbocycles. The number of nitro groups is 1. The Morgan fingerprint density at radius 2 is 1.78 bits per heavy atom. The number of hydrogen-bond donors (Lipinski definition) is 2. The molecule has 246 valence electrons. The van der Waals surface area contributed by atoms with Crippen LogP contribution in [0.25, 0.3) is 11.1 Å². The average molecular weight is 632 g/mol. The number of pyridine rings is 1. The summed E-state index contributed by atoms with van der Waals surface area (Å²) >= 11 is 0. The van der Waals surface area contributed by atoms with Gasteiger partial charge < -0.3 is 20.3 Å². The first-order valence-electron chi connectivity index (χ1n) is 16.2. The van der Waals surface area contributed by atoms with Crippen molar-refractivity contribution in [1.29, 1.82) is 0 Å². The summed E-state index contributed by atoms with van der Waals surface area (Å²) in [6.07, 6.45) is 13.7. The number of nitro benzene ring substituents is 1. The molecular weight excluding hydrogens is 586 g/mol. The number of benzene rings is 1. The van der Waals surface area contributed by atoms with Gasteiger partial charge >= 0.3 is 5.97 Å². The van der Waals surface area contributed by atoms with Gasteiger partial charge in [-0.2, -0.15) is 0 Å². The van der Waals surface area contributed by atoms with E-state index in [4.69, 9.17) is 4.74 Å². The largest absolute Gasteiger partial charge is 0.466 e. The number of carbonyl (C=O) groups is 3. The van der Waals surface area contributed by atoms with E-state index in [-0.39, 0.29) is 29.2 Å². The van der Waals surface area contributed by atoms with E-state index in [1.54, 1.807) is 24.3 Å². The maximum Gasteiger partial charge on any atom is 0.312 e. The van der Waals surface area contributed by atoms with Gasteiger partial charge in [0.15, 0.2) is 0 Å². The molecule has 1 aliphatic heterocycles. The number of nitrogens with one attached hydrogen (secondary N) is 2. The lowest BCUT2D eigenvalue weighted by Gasteiger charge is -2.44. The molecule has 0 spiro atoms. The Balaban J connectivity index is 1.30. The lowest BCUT2D eigenvalue weighted by molar-refractivity contribution is -0.384. The second kappa shape index (κ2) is 15.8. The first-order chi connectivity index (χ1) is 22.2. The van der Waals surface area contributed by atoms with Crippen molar-refractivity contribution in [3.63, 3.8) is 0 Å². The number of aromatic nitrogens is 1. The smallest absolute Gasteiger partial charge is 0.312 e. The van der Waals surface area contributed by atoms with Crippen LogP contribution < -0.4 is 10.6 Å². The number of nitrogens with zero attached hydrogens (tertiary/aromatic N) is 3. The number of non-ortho nitro benzene ring substituents is 1. The van der Waals surface area contributed by atoms with Gasteiger partial charge in [-0.25, -0.2) is 0 Å². The molecule has 2 amide bonds. The Morgan fingerprint density at radius 1 is 1.07 bits per heavy atom. The SMILES string of the molecule is CCOC(=O)C1(C2C=CC=CC2)CCN(CCCNC(=O)C(CC)(CC)NC(=O)c2cc(-c3ccc([N+](=O)[O-])cc3)ccn2)CC1. The van der Waals surface area contributed by atoms with Crippen LogP contribution in [-0.4, -0.2) is 70.9 Å². The number of amides is 2. The van der Waals surface area contributed by atoms with Gasteiger partial charge in [0.05, 0.1) is 16.9 Å². The number of allylic oxidation sites excluding steroid dienone is 4. The molecule has 2 heterocycles. The average Bonchev–Trinajstić information content (AvgIpc) is 3.09. The van der Waals surface area contributed by atoms with Crippen LogP contribution in [0.15, 0.2) is 66.9 Å². The summed E-state index contributed by atoms with van der Waals surface area (Å²) in [5.74, 6) is -0.666. The van der Waals surface area contributed by atoms with Crippen LogP contribution in [-0.2, 0) is 14.3 Å². The molecule has 4 rings (SSSR count). The summed E-state index contributed by atoms with van der Waals surface area (Å²) in [4.78, 5) is 56.9. The number of rotatable bonds is 14. The number of piperidine rings is 1. The zero-order valence-electron chi connectivity index (χ0n) is 27.0. The Labute approximate surface area is 270 Å². The zero-order chi connectivity index (χ0) is 33.2. The highest BCUT2D eigenvalue weighted by atomic mass is 16.6. The summed E-state index contributed by atoms with van der Waals surface area (Å²) in [7, 11) is 0.